The molecule has 0 N–H and O–H groups in total. The van der Waals surface area contributed by atoms with Crippen molar-refractivity contribution in [3.63, 3.8) is 0 Å². The Bertz CT molecular complexity index is 1000. The van der Waals surface area contributed by atoms with Crippen LogP contribution in [-0.4, -0.2) is 8.07 Å². The summed E-state index contributed by atoms with van der Waals surface area (Å²) in [7, 11) is -1.77. The maximum Gasteiger partial charge on any atom is 0.0666 e. The van der Waals surface area contributed by atoms with Gasteiger partial charge in [-0.25, -0.2) is 0 Å². The van der Waals surface area contributed by atoms with Crippen molar-refractivity contribution in [2.24, 2.45) is 0 Å². The molecule has 0 aliphatic rings. The molecule has 0 aliphatic heterocycles. The number of hydrogen-bond donors (Lipinski definition) is 0. The summed E-state index contributed by atoms with van der Waals surface area (Å²) in [6.45, 7) is 14.2. The number of unbranched alkanes of at least 4 members (excludes halogenated alkanes) is 9. The van der Waals surface area contributed by atoms with Gasteiger partial charge in [-0.1, -0.05) is 205 Å². The summed E-state index contributed by atoms with van der Waals surface area (Å²) in [4.78, 5) is 0. The fraction of sp³-hybridized carbons (Fsp3) is 0.385. The summed E-state index contributed by atoms with van der Waals surface area (Å²) in [5.74, 6) is 0. The number of benzene rings is 3. The molecule has 40 heavy (non-hydrogen) atoms. The van der Waals surface area contributed by atoms with E-state index in [-0.39, 0.29) is 0 Å². The summed E-state index contributed by atoms with van der Waals surface area (Å²) >= 11 is 0. The van der Waals surface area contributed by atoms with Gasteiger partial charge >= 0.3 is 0 Å². The van der Waals surface area contributed by atoms with E-state index in [4.69, 9.17) is 0 Å². The van der Waals surface area contributed by atoms with E-state index in [9.17, 15) is 0 Å². The molecule has 3 aromatic carbocycles. The van der Waals surface area contributed by atoms with Crippen LogP contribution in [0.2, 0.25) is 6.04 Å². The Morgan fingerprint density at radius 3 is 1.05 bits per heavy atom. The van der Waals surface area contributed by atoms with Gasteiger partial charge in [-0.3, -0.25) is 0 Å². The Balaban J connectivity index is 1.78. The monoisotopic (exact) mass is 548 g/mol. The average molecular weight is 549 g/mol. The predicted molar refractivity (Wildman–Crippen MR) is 183 cm³/mol. The molecule has 0 nitrogen and oxygen atoms in total. The van der Waals surface area contributed by atoms with Gasteiger partial charge in [-0.15, -0.1) is 0 Å². The molecular weight excluding hydrogens is 497 g/mol. The minimum Gasteiger partial charge on any atom is -0.0985 e. The van der Waals surface area contributed by atoms with Gasteiger partial charge in [0.05, 0.1) is 8.07 Å². The van der Waals surface area contributed by atoms with Crippen molar-refractivity contribution in [3.05, 3.63) is 126 Å². The SMILES string of the molecule is C=Cc1ccc(C[Si](CCCCCCCCCCCC)(Cc2ccc(C=C)cc2)Cc2ccc(C=C)cc2)cc1. The molecule has 0 saturated carbocycles. The van der Waals surface area contributed by atoms with Crippen LogP contribution < -0.4 is 0 Å². The molecule has 0 spiro atoms. The third kappa shape index (κ3) is 10.9. The standard InChI is InChI=1S/C39H52Si/c1-5-9-10-11-12-13-14-15-16-17-30-40(31-37-24-18-34(6-2)19-25-37,32-38-26-20-35(7-3)21-27-38)33-39-28-22-36(8-4)23-29-39/h6-8,18-29H,2-5,9-17,30-33H2,1H3. The second kappa shape index (κ2) is 17.7. The Kier molecular flexibility index (Phi) is 14.0. The molecule has 0 saturated heterocycles. The predicted octanol–water partition coefficient (Wildman–Crippen LogP) is 11.6. The van der Waals surface area contributed by atoms with E-state index in [0.29, 0.717) is 0 Å². The maximum absolute atomic E-state index is 3.96. The molecule has 3 aromatic rings. The van der Waals surface area contributed by atoms with Crippen LogP contribution in [0.3, 0.4) is 0 Å². The third-order valence-electron chi connectivity index (χ3n) is 8.44. The molecule has 0 aromatic heterocycles. The zero-order chi connectivity index (χ0) is 28.5. The Hall–Kier alpha value is -2.90. The topological polar surface area (TPSA) is 0 Å². The molecule has 0 amide bonds. The fourth-order valence-corrected chi connectivity index (χ4v) is 11.3. The second-order valence-corrected chi connectivity index (χ2v) is 16.4. The Morgan fingerprint density at radius 2 is 0.750 bits per heavy atom. The van der Waals surface area contributed by atoms with E-state index in [2.05, 4.69) is 99.5 Å². The quantitative estimate of drug-likeness (QED) is 0.0972. The van der Waals surface area contributed by atoms with Crippen LogP contribution in [0.15, 0.2) is 92.5 Å². The summed E-state index contributed by atoms with van der Waals surface area (Å²) in [5.41, 5.74) is 8.04. The largest absolute Gasteiger partial charge is 0.0985 e. The molecule has 0 atom stereocenters. The first-order valence-electron chi connectivity index (χ1n) is 15.7. The highest BCUT2D eigenvalue weighted by Gasteiger charge is 2.33. The highest BCUT2D eigenvalue weighted by molar-refractivity contribution is 6.78. The van der Waals surface area contributed by atoms with Crippen molar-refractivity contribution >= 4 is 26.3 Å². The lowest BCUT2D eigenvalue weighted by molar-refractivity contribution is 0.561. The summed E-state index contributed by atoms with van der Waals surface area (Å²) < 4.78 is 0. The van der Waals surface area contributed by atoms with Crippen LogP contribution in [0.25, 0.3) is 18.2 Å². The van der Waals surface area contributed by atoms with Crippen LogP contribution >= 0.6 is 0 Å². The van der Waals surface area contributed by atoms with E-state index >= 15 is 0 Å². The molecule has 1 heteroatoms. The molecule has 3 rings (SSSR count). The van der Waals surface area contributed by atoms with Crippen LogP contribution in [-0.2, 0) is 18.1 Å². The van der Waals surface area contributed by atoms with E-state index in [0.717, 1.165) is 0 Å². The minimum absolute atomic E-state index is 1.20. The fourth-order valence-electron chi connectivity index (χ4n) is 6.05. The second-order valence-electron chi connectivity index (χ2n) is 11.8. The summed E-state index contributed by atoms with van der Waals surface area (Å²) in [5, 5.41) is 0. The molecule has 0 aliphatic carbocycles. The van der Waals surface area contributed by atoms with E-state index < -0.39 is 8.07 Å². The van der Waals surface area contributed by atoms with Gasteiger partial charge < -0.3 is 0 Å². The smallest absolute Gasteiger partial charge is 0.0666 e. The van der Waals surface area contributed by atoms with Crippen LogP contribution in [0, 0.1) is 0 Å². The van der Waals surface area contributed by atoms with Gasteiger partial charge in [0.25, 0.3) is 0 Å². The van der Waals surface area contributed by atoms with Crippen molar-refractivity contribution in [1.82, 2.24) is 0 Å². The van der Waals surface area contributed by atoms with E-state index in [1.54, 1.807) is 0 Å². The minimum atomic E-state index is -1.77. The van der Waals surface area contributed by atoms with Gasteiger partial charge in [-0.05, 0) is 34.8 Å². The number of hydrogen-bond acceptors (Lipinski definition) is 0. The van der Waals surface area contributed by atoms with Crippen molar-refractivity contribution in [1.29, 1.82) is 0 Å². The molecular formula is C39H52Si. The van der Waals surface area contributed by atoms with Crippen molar-refractivity contribution < 1.29 is 0 Å². The Labute approximate surface area is 247 Å². The number of rotatable bonds is 20. The summed E-state index contributed by atoms with van der Waals surface area (Å²) in [6, 6.07) is 32.5. The first-order valence-corrected chi connectivity index (χ1v) is 18.6. The molecule has 0 fully saturated rings. The Morgan fingerprint density at radius 1 is 0.450 bits per heavy atom. The molecule has 212 valence electrons. The van der Waals surface area contributed by atoms with Crippen LogP contribution in [0.1, 0.15) is 105 Å². The van der Waals surface area contributed by atoms with Gasteiger partial charge in [0.2, 0.25) is 0 Å². The lowest BCUT2D eigenvalue weighted by atomic mass is 10.1. The van der Waals surface area contributed by atoms with Crippen molar-refractivity contribution in [2.75, 3.05) is 0 Å². The molecule has 0 heterocycles. The summed E-state index contributed by atoms with van der Waals surface area (Å²) in [6.07, 6.45) is 19.7. The zero-order valence-electron chi connectivity index (χ0n) is 25.2. The van der Waals surface area contributed by atoms with Gasteiger partial charge in [0.15, 0.2) is 0 Å². The first kappa shape index (κ1) is 31.6. The van der Waals surface area contributed by atoms with E-state index in [1.807, 2.05) is 18.2 Å². The average Bonchev–Trinajstić information content (AvgIpc) is 2.99. The van der Waals surface area contributed by atoms with Crippen molar-refractivity contribution in [2.45, 2.75) is 95.3 Å². The van der Waals surface area contributed by atoms with E-state index in [1.165, 1.54) is 122 Å². The lowest BCUT2D eigenvalue weighted by Crippen LogP contribution is -2.43. The van der Waals surface area contributed by atoms with Crippen LogP contribution in [0.5, 0.6) is 0 Å². The zero-order valence-corrected chi connectivity index (χ0v) is 26.2. The van der Waals surface area contributed by atoms with Crippen molar-refractivity contribution in [3.8, 4) is 0 Å². The van der Waals surface area contributed by atoms with Gasteiger partial charge in [0.1, 0.15) is 0 Å². The van der Waals surface area contributed by atoms with Crippen LogP contribution in [0.4, 0.5) is 0 Å². The van der Waals surface area contributed by atoms with Gasteiger partial charge in [0, 0.05) is 0 Å². The third-order valence-corrected chi connectivity index (χ3v) is 13.3. The highest BCUT2D eigenvalue weighted by atomic mass is 28.3. The first-order chi connectivity index (χ1) is 19.6. The molecule has 0 radical (unpaired) electrons. The molecule has 0 unspecified atom stereocenters. The lowest BCUT2D eigenvalue weighted by Gasteiger charge is -2.33. The highest BCUT2D eigenvalue weighted by Crippen LogP contribution is 2.30. The van der Waals surface area contributed by atoms with Gasteiger partial charge in [-0.2, -0.15) is 0 Å². The normalized spacial score (nSPS) is 11.3. The molecule has 0 bridgehead atoms. The maximum atomic E-state index is 3.96.